The lowest BCUT2D eigenvalue weighted by Crippen LogP contribution is -2.47. The van der Waals surface area contributed by atoms with Gasteiger partial charge in [-0.15, -0.1) is 0 Å². The van der Waals surface area contributed by atoms with Gasteiger partial charge in [0, 0.05) is 45.8 Å². The van der Waals surface area contributed by atoms with Crippen LogP contribution in [0.25, 0.3) is 0 Å². The van der Waals surface area contributed by atoms with E-state index < -0.39 is 12.2 Å². The molecule has 2 aliphatic heterocycles. The van der Waals surface area contributed by atoms with Crippen molar-refractivity contribution in [2.75, 3.05) is 52.9 Å². The van der Waals surface area contributed by atoms with E-state index in [2.05, 4.69) is 10.6 Å². The molecule has 0 saturated carbocycles. The van der Waals surface area contributed by atoms with Gasteiger partial charge in [-0.2, -0.15) is 0 Å². The number of likely N-dealkylation sites (tertiary alicyclic amines) is 1. The van der Waals surface area contributed by atoms with Crippen LogP contribution in [0.4, 0.5) is 14.4 Å². The summed E-state index contributed by atoms with van der Waals surface area (Å²) in [5, 5.41) is 5.74. The number of piperidine rings is 1. The van der Waals surface area contributed by atoms with Crippen molar-refractivity contribution in [3.63, 3.8) is 0 Å². The number of methoxy groups -OCH3 is 1. The van der Waals surface area contributed by atoms with E-state index in [-0.39, 0.29) is 6.09 Å². The number of rotatable bonds is 3. The first-order valence-electron chi connectivity index (χ1n) is 8.38. The standard InChI is InChI=1S/C15H26N4O5/c1-23-14(21)18-8-3-12(4-9-18)2-5-17-13(20)24-15(22)19-10-6-16-7-11-19/h12,16H,2-11H2,1H3,(H,17,20). The highest BCUT2D eigenvalue weighted by Gasteiger charge is 2.24. The predicted octanol–water partition coefficient (Wildman–Crippen LogP) is 0.606. The van der Waals surface area contributed by atoms with Crippen molar-refractivity contribution in [2.45, 2.75) is 19.3 Å². The van der Waals surface area contributed by atoms with Crippen LogP contribution in [0.1, 0.15) is 19.3 Å². The molecular formula is C15H26N4O5. The van der Waals surface area contributed by atoms with Gasteiger partial charge in [-0.3, -0.25) is 0 Å². The number of ether oxygens (including phenoxy) is 2. The van der Waals surface area contributed by atoms with Gasteiger partial charge in [0.15, 0.2) is 0 Å². The van der Waals surface area contributed by atoms with E-state index in [1.165, 1.54) is 12.0 Å². The minimum atomic E-state index is -0.703. The number of hydrogen-bond acceptors (Lipinski definition) is 6. The maximum absolute atomic E-state index is 11.8. The number of piperazine rings is 1. The van der Waals surface area contributed by atoms with Crippen molar-refractivity contribution in [2.24, 2.45) is 5.92 Å². The zero-order chi connectivity index (χ0) is 17.4. The summed E-state index contributed by atoms with van der Waals surface area (Å²) in [4.78, 5) is 38.0. The molecular weight excluding hydrogens is 316 g/mol. The van der Waals surface area contributed by atoms with Crippen LogP contribution >= 0.6 is 0 Å². The van der Waals surface area contributed by atoms with E-state index in [0.29, 0.717) is 51.7 Å². The van der Waals surface area contributed by atoms with E-state index in [0.717, 1.165) is 19.3 Å². The highest BCUT2D eigenvalue weighted by Crippen LogP contribution is 2.20. The van der Waals surface area contributed by atoms with Crippen molar-refractivity contribution in [1.82, 2.24) is 20.4 Å². The van der Waals surface area contributed by atoms with E-state index in [9.17, 15) is 14.4 Å². The van der Waals surface area contributed by atoms with Crippen LogP contribution < -0.4 is 10.6 Å². The molecule has 2 N–H and O–H groups in total. The minimum absolute atomic E-state index is 0.290. The van der Waals surface area contributed by atoms with Crippen LogP contribution in [-0.2, 0) is 9.47 Å². The quantitative estimate of drug-likeness (QED) is 0.729. The van der Waals surface area contributed by atoms with Gasteiger partial charge in [-0.1, -0.05) is 0 Å². The lowest BCUT2D eigenvalue weighted by molar-refractivity contribution is 0.104. The first-order valence-corrected chi connectivity index (χ1v) is 8.38. The van der Waals surface area contributed by atoms with Crippen LogP contribution in [0, 0.1) is 5.92 Å². The fourth-order valence-electron chi connectivity index (χ4n) is 2.94. The van der Waals surface area contributed by atoms with Crippen molar-refractivity contribution < 1.29 is 23.9 Å². The predicted molar refractivity (Wildman–Crippen MR) is 85.6 cm³/mol. The van der Waals surface area contributed by atoms with Gasteiger partial charge in [0.1, 0.15) is 0 Å². The Bertz CT molecular complexity index is 445. The zero-order valence-corrected chi connectivity index (χ0v) is 14.1. The molecule has 2 rings (SSSR count). The molecule has 0 aromatic heterocycles. The number of carbonyl (C=O) groups is 3. The summed E-state index contributed by atoms with van der Waals surface area (Å²) in [5.74, 6) is 0.440. The van der Waals surface area contributed by atoms with Crippen molar-refractivity contribution in [3.8, 4) is 0 Å². The first-order chi connectivity index (χ1) is 11.6. The van der Waals surface area contributed by atoms with Crippen molar-refractivity contribution in [3.05, 3.63) is 0 Å². The maximum Gasteiger partial charge on any atom is 0.418 e. The molecule has 0 spiro atoms. The Kier molecular flexibility index (Phi) is 7.10. The number of alkyl carbamates (subject to hydrolysis) is 1. The Hall–Kier alpha value is -2.03. The summed E-state index contributed by atoms with van der Waals surface area (Å²) >= 11 is 0. The normalized spacial score (nSPS) is 18.9. The lowest BCUT2D eigenvalue weighted by atomic mass is 9.94. The van der Waals surface area contributed by atoms with Crippen LogP contribution in [-0.4, -0.2) is 81.0 Å². The van der Waals surface area contributed by atoms with E-state index in [1.807, 2.05) is 0 Å². The summed E-state index contributed by atoms with van der Waals surface area (Å²) in [5.41, 5.74) is 0. The molecule has 9 heteroatoms. The Balaban J connectivity index is 1.58. The minimum Gasteiger partial charge on any atom is -0.453 e. The van der Waals surface area contributed by atoms with Gasteiger partial charge in [-0.25, -0.2) is 14.4 Å². The zero-order valence-electron chi connectivity index (χ0n) is 14.1. The molecule has 0 atom stereocenters. The van der Waals surface area contributed by atoms with Gasteiger partial charge >= 0.3 is 18.3 Å². The largest absolute Gasteiger partial charge is 0.453 e. The van der Waals surface area contributed by atoms with Crippen LogP contribution in [0.15, 0.2) is 0 Å². The third-order valence-corrected chi connectivity index (χ3v) is 4.42. The van der Waals surface area contributed by atoms with Crippen LogP contribution in [0.2, 0.25) is 0 Å². The number of nitrogens with one attached hydrogen (secondary N) is 2. The fraction of sp³-hybridized carbons (Fsp3) is 0.800. The fourth-order valence-corrected chi connectivity index (χ4v) is 2.94. The molecule has 0 aliphatic carbocycles. The second kappa shape index (κ2) is 9.31. The summed E-state index contributed by atoms with van der Waals surface area (Å²) < 4.78 is 9.48. The molecule has 3 amide bonds. The highest BCUT2D eigenvalue weighted by atomic mass is 16.6. The Morgan fingerprint density at radius 3 is 2.29 bits per heavy atom. The summed E-state index contributed by atoms with van der Waals surface area (Å²) in [6.45, 7) is 4.31. The number of carbonyl (C=O) groups excluding carboxylic acids is 3. The molecule has 136 valence electrons. The molecule has 2 heterocycles. The second-order valence-electron chi connectivity index (χ2n) is 6.01. The van der Waals surface area contributed by atoms with Gasteiger partial charge in [0.05, 0.1) is 7.11 Å². The van der Waals surface area contributed by atoms with Gasteiger partial charge in [0.2, 0.25) is 0 Å². The lowest BCUT2D eigenvalue weighted by Gasteiger charge is -2.30. The Morgan fingerprint density at radius 1 is 1.04 bits per heavy atom. The monoisotopic (exact) mass is 342 g/mol. The second-order valence-corrected chi connectivity index (χ2v) is 6.01. The third-order valence-electron chi connectivity index (χ3n) is 4.42. The van der Waals surface area contributed by atoms with Crippen molar-refractivity contribution >= 4 is 18.3 Å². The molecule has 2 fully saturated rings. The maximum atomic E-state index is 11.8. The first kappa shape index (κ1) is 18.3. The molecule has 0 bridgehead atoms. The topological polar surface area (TPSA) is 100 Å². The third kappa shape index (κ3) is 5.55. The molecule has 0 radical (unpaired) electrons. The Morgan fingerprint density at radius 2 is 1.67 bits per heavy atom. The molecule has 0 aromatic carbocycles. The van der Waals surface area contributed by atoms with E-state index >= 15 is 0 Å². The number of amides is 3. The molecule has 9 nitrogen and oxygen atoms in total. The van der Waals surface area contributed by atoms with Crippen LogP contribution in [0.5, 0.6) is 0 Å². The Labute approximate surface area is 141 Å². The summed E-state index contributed by atoms with van der Waals surface area (Å²) in [6.07, 6.45) is 0.968. The van der Waals surface area contributed by atoms with Crippen molar-refractivity contribution in [1.29, 1.82) is 0 Å². The van der Waals surface area contributed by atoms with Gasteiger partial charge < -0.3 is 29.9 Å². The van der Waals surface area contributed by atoms with E-state index in [1.54, 1.807) is 4.90 Å². The average Bonchev–Trinajstić information content (AvgIpc) is 2.62. The average molecular weight is 342 g/mol. The molecule has 0 aromatic rings. The number of hydrogen-bond donors (Lipinski definition) is 2. The van der Waals surface area contributed by atoms with Gasteiger partial charge in [0.25, 0.3) is 0 Å². The molecule has 2 saturated heterocycles. The summed E-state index contributed by atoms with van der Waals surface area (Å²) in [7, 11) is 1.38. The SMILES string of the molecule is COC(=O)N1CCC(CCNC(=O)OC(=O)N2CCNCC2)CC1. The molecule has 24 heavy (non-hydrogen) atoms. The molecule has 2 aliphatic rings. The highest BCUT2D eigenvalue weighted by molar-refractivity contribution is 5.83. The van der Waals surface area contributed by atoms with E-state index in [4.69, 9.17) is 9.47 Å². The smallest absolute Gasteiger partial charge is 0.418 e. The molecule has 0 unspecified atom stereocenters. The number of nitrogens with zero attached hydrogens (tertiary/aromatic N) is 2. The van der Waals surface area contributed by atoms with Gasteiger partial charge in [-0.05, 0) is 25.2 Å². The summed E-state index contributed by atoms with van der Waals surface area (Å²) in [6, 6.07) is 0. The van der Waals surface area contributed by atoms with Crippen LogP contribution in [0.3, 0.4) is 0 Å².